The number of amidine groups is 1. The molecular formula is C23H27N3O6S. The van der Waals surface area contributed by atoms with Gasteiger partial charge in [0.2, 0.25) is 0 Å². The van der Waals surface area contributed by atoms with Gasteiger partial charge in [-0.15, -0.1) is 0 Å². The van der Waals surface area contributed by atoms with Crippen molar-refractivity contribution in [3.05, 3.63) is 54.1 Å². The molecule has 0 radical (unpaired) electrons. The smallest absolute Gasteiger partial charge is 0.344 e. The predicted molar refractivity (Wildman–Crippen MR) is 124 cm³/mol. The first-order valence-electron chi connectivity index (χ1n) is 10.6. The van der Waals surface area contributed by atoms with E-state index in [2.05, 4.69) is 28.9 Å². The Kier molecular flexibility index (Phi) is 8.05. The maximum Gasteiger partial charge on any atom is 0.344 e. The van der Waals surface area contributed by atoms with Gasteiger partial charge in [-0.25, -0.2) is 13.2 Å². The Morgan fingerprint density at radius 3 is 2.52 bits per heavy atom. The summed E-state index contributed by atoms with van der Waals surface area (Å²) in [4.78, 5) is 28.1. The molecule has 3 rings (SSSR count). The van der Waals surface area contributed by atoms with Crippen LogP contribution in [0.3, 0.4) is 0 Å². The molecule has 1 aliphatic heterocycles. The van der Waals surface area contributed by atoms with Gasteiger partial charge in [0.1, 0.15) is 11.6 Å². The highest BCUT2D eigenvalue weighted by molar-refractivity contribution is 7.90. The molecule has 1 amide bonds. The molecule has 10 heteroatoms. The van der Waals surface area contributed by atoms with Crippen molar-refractivity contribution in [2.24, 2.45) is 4.99 Å². The summed E-state index contributed by atoms with van der Waals surface area (Å²) >= 11 is 0. The Labute approximate surface area is 193 Å². The van der Waals surface area contributed by atoms with Crippen LogP contribution in [0.25, 0.3) is 0 Å². The summed E-state index contributed by atoms with van der Waals surface area (Å²) in [7, 11) is -3.80. The fourth-order valence-electron chi connectivity index (χ4n) is 3.05. The Hall–Kier alpha value is -3.40. The minimum atomic E-state index is -3.80. The van der Waals surface area contributed by atoms with E-state index in [-0.39, 0.29) is 17.2 Å². The molecule has 0 bridgehead atoms. The topological polar surface area (TPSA) is 123 Å². The number of benzene rings is 2. The molecule has 0 saturated carbocycles. The third-order valence-electron chi connectivity index (χ3n) is 4.82. The zero-order chi connectivity index (χ0) is 23.8. The lowest BCUT2D eigenvalue weighted by Gasteiger charge is -2.11. The third kappa shape index (κ3) is 7.31. The van der Waals surface area contributed by atoms with E-state index in [1.54, 1.807) is 12.1 Å². The van der Waals surface area contributed by atoms with Gasteiger partial charge in [-0.3, -0.25) is 14.5 Å². The number of carbonyl (C=O) groups excluding carboxylic acids is 2. The lowest BCUT2D eigenvalue weighted by Crippen LogP contribution is -2.29. The van der Waals surface area contributed by atoms with E-state index in [1.165, 1.54) is 24.3 Å². The number of esters is 1. The number of nitrogens with zero attached hydrogens (tertiary/aromatic N) is 1. The molecule has 176 valence electrons. The van der Waals surface area contributed by atoms with E-state index in [9.17, 15) is 18.0 Å². The van der Waals surface area contributed by atoms with Crippen molar-refractivity contribution in [3.63, 3.8) is 0 Å². The average Bonchev–Trinajstić information content (AvgIpc) is 3.29. The van der Waals surface area contributed by atoms with Gasteiger partial charge < -0.3 is 14.8 Å². The molecule has 2 aromatic rings. The van der Waals surface area contributed by atoms with Gasteiger partial charge in [-0.05, 0) is 48.2 Å². The molecule has 0 aromatic heterocycles. The van der Waals surface area contributed by atoms with Crippen molar-refractivity contribution in [1.82, 2.24) is 4.72 Å². The zero-order valence-corrected chi connectivity index (χ0v) is 19.4. The number of sulfonamides is 1. The Morgan fingerprint density at radius 1 is 1.09 bits per heavy atom. The third-order valence-corrected chi connectivity index (χ3v) is 6.20. The minimum absolute atomic E-state index is 0.0104. The molecule has 0 fully saturated rings. The molecule has 9 nitrogen and oxygen atoms in total. The molecule has 0 unspecified atom stereocenters. The first-order valence-corrected chi connectivity index (χ1v) is 12.1. The Morgan fingerprint density at radius 2 is 1.85 bits per heavy atom. The highest BCUT2D eigenvalue weighted by Gasteiger charge is 2.19. The molecule has 33 heavy (non-hydrogen) atoms. The summed E-state index contributed by atoms with van der Waals surface area (Å²) in [6.45, 7) is 3.90. The van der Waals surface area contributed by atoms with E-state index in [0.717, 1.165) is 12.0 Å². The van der Waals surface area contributed by atoms with Crippen LogP contribution in [-0.2, 0) is 24.3 Å². The fraction of sp³-hybridized carbons (Fsp3) is 0.348. The van der Waals surface area contributed by atoms with Crippen LogP contribution in [0.5, 0.6) is 5.75 Å². The largest absolute Gasteiger partial charge is 0.482 e. The summed E-state index contributed by atoms with van der Waals surface area (Å²) in [6, 6.07) is 13.2. The van der Waals surface area contributed by atoms with Gasteiger partial charge in [-0.2, -0.15) is 0 Å². The highest BCUT2D eigenvalue weighted by atomic mass is 32.2. The maximum atomic E-state index is 12.5. The zero-order valence-electron chi connectivity index (χ0n) is 18.5. The van der Waals surface area contributed by atoms with Gasteiger partial charge >= 0.3 is 5.97 Å². The van der Waals surface area contributed by atoms with Gasteiger partial charge in [0.05, 0.1) is 4.90 Å². The number of amides is 1. The monoisotopic (exact) mass is 473 g/mol. The van der Waals surface area contributed by atoms with Crippen LogP contribution in [-0.4, -0.2) is 45.9 Å². The second-order valence-corrected chi connectivity index (χ2v) is 9.47. The van der Waals surface area contributed by atoms with Crippen LogP contribution in [0, 0.1) is 0 Å². The predicted octanol–water partition coefficient (Wildman–Crippen LogP) is 2.84. The molecule has 2 N–H and O–H groups in total. The van der Waals surface area contributed by atoms with Crippen LogP contribution >= 0.6 is 0 Å². The van der Waals surface area contributed by atoms with Crippen molar-refractivity contribution in [3.8, 4) is 5.75 Å². The van der Waals surface area contributed by atoms with E-state index >= 15 is 0 Å². The van der Waals surface area contributed by atoms with E-state index < -0.39 is 28.5 Å². The summed E-state index contributed by atoms with van der Waals surface area (Å²) < 4.78 is 37.7. The number of aliphatic imine (C=N–C) groups is 1. The summed E-state index contributed by atoms with van der Waals surface area (Å²) in [6.07, 6.45) is 1.39. The maximum absolute atomic E-state index is 12.5. The lowest BCUT2D eigenvalue weighted by molar-refractivity contribution is -0.149. The van der Waals surface area contributed by atoms with Crippen molar-refractivity contribution < 1.29 is 27.5 Å². The van der Waals surface area contributed by atoms with Crippen LogP contribution in [0.1, 0.15) is 38.2 Å². The Bertz CT molecular complexity index is 1130. The average molecular weight is 474 g/mol. The number of anilines is 1. The van der Waals surface area contributed by atoms with Crippen molar-refractivity contribution >= 4 is 33.4 Å². The fourth-order valence-corrected chi connectivity index (χ4v) is 4.19. The van der Waals surface area contributed by atoms with Gasteiger partial charge in [0, 0.05) is 18.7 Å². The summed E-state index contributed by atoms with van der Waals surface area (Å²) in [5, 5.41) is 2.51. The Balaban J connectivity index is 1.46. The number of nitrogens with one attached hydrogen (secondary N) is 2. The van der Waals surface area contributed by atoms with E-state index in [0.29, 0.717) is 30.5 Å². The molecule has 0 atom stereocenters. The van der Waals surface area contributed by atoms with Crippen LogP contribution in [0.2, 0.25) is 0 Å². The first kappa shape index (κ1) is 24.2. The molecule has 1 heterocycles. The first-order chi connectivity index (χ1) is 15.7. The second-order valence-electron chi connectivity index (χ2n) is 7.79. The molecule has 0 spiro atoms. The second kappa shape index (κ2) is 11.0. The highest BCUT2D eigenvalue weighted by Crippen LogP contribution is 2.19. The molecule has 0 aliphatic carbocycles. The minimum Gasteiger partial charge on any atom is -0.482 e. The summed E-state index contributed by atoms with van der Waals surface area (Å²) in [5.41, 5.74) is 1.41. The van der Waals surface area contributed by atoms with Crippen LogP contribution in [0.15, 0.2) is 58.4 Å². The number of hydrogen-bond acceptors (Lipinski definition) is 7. The number of rotatable bonds is 9. The SMILES string of the molecule is CC(C)c1ccc(OCC(=O)OCC(=O)Nc2cccc(S(=O)(=O)NC3=NCCC3)c2)cc1. The number of ether oxygens (including phenoxy) is 2. The van der Waals surface area contributed by atoms with Gasteiger partial charge in [-0.1, -0.05) is 32.0 Å². The van der Waals surface area contributed by atoms with Crippen molar-refractivity contribution in [2.45, 2.75) is 37.5 Å². The quantitative estimate of drug-likeness (QED) is 0.540. The van der Waals surface area contributed by atoms with E-state index in [4.69, 9.17) is 9.47 Å². The normalized spacial score (nSPS) is 13.4. The molecule has 0 saturated heterocycles. The van der Waals surface area contributed by atoms with Crippen molar-refractivity contribution in [1.29, 1.82) is 0 Å². The lowest BCUT2D eigenvalue weighted by atomic mass is 10.0. The van der Waals surface area contributed by atoms with Crippen LogP contribution < -0.4 is 14.8 Å². The van der Waals surface area contributed by atoms with Crippen LogP contribution in [0.4, 0.5) is 5.69 Å². The summed E-state index contributed by atoms with van der Waals surface area (Å²) in [5.74, 6) is 0.0370. The molecule has 2 aromatic carbocycles. The van der Waals surface area contributed by atoms with Gasteiger partial charge in [0.15, 0.2) is 13.2 Å². The van der Waals surface area contributed by atoms with E-state index in [1.807, 2.05) is 12.1 Å². The number of carbonyl (C=O) groups is 2. The molecule has 1 aliphatic rings. The standard InChI is InChI=1S/C23H27N3O6S/c1-16(2)17-8-10-19(11-9-17)31-15-23(28)32-14-22(27)25-18-5-3-6-20(13-18)33(29,30)26-21-7-4-12-24-21/h3,5-6,8-11,13,16H,4,7,12,14-15H2,1-2H3,(H,24,26)(H,25,27). The van der Waals surface area contributed by atoms with Crippen molar-refractivity contribution in [2.75, 3.05) is 25.1 Å². The number of hydrogen-bond donors (Lipinski definition) is 2. The molecular weight excluding hydrogens is 446 g/mol. The van der Waals surface area contributed by atoms with Gasteiger partial charge in [0.25, 0.3) is 15.9 Å².